The van der Waals surface area contributed by atoms with E-state index in [1.807, 2.05) is 6.92 Å². The summed E-state index contributed by atoms with van der Waals surface area (Å²) < 4.78 is 30.8. The van der Waals surface area contributed by atoms with E-state index in [9.17, 15) is 18.0 Å². The Morgan fingerprint density at radius 1 is 1.08 bits per heavy atom. The molecule has 1 aliphatic rings. The Morgan fingerprint density at radius 3 is 2.56 bits per heavy atom. The number of ether oxygens (including phenoxy) is 1. The molecule has 3 rings (SSSR count). The summed E-state index contributed by atoms with van der Waals surface area (Å²) in [5.41, 5.74) is 0.430. The summed E-state index contributed by atoms with van der Waals surface area (Å²) in [5.74, 6) is -0.771. The fourth-order valence-corrected chi connectivity index (χ4v) is 4.39. The first-order chi connectivity index (χ1) is 12.0. The molecule has 0 aliphatic carbocycles. The number of rotatable bonds is 5. The topological polar surface area (TPSA) is 89.5 Å². The molecule has 0 spiro atoms. The molecule has 2 aromatic rings. The quantitative estimate of drug-likeness (QED) is 0.702. The molecule has 1 heterocycles. The lowest BCUT2D eigenvalue weighted by Crippen LogP contribution is -2.28. The average molecular weight is 359 g/mol. The first-order valence-electron chi connectivity index (χ1n) is 7.85. The van der Waals surface area contributed by atoms with Crippen molar-refractivity contribution in [2.45, 2.75) is 16.7 Å². The summed E-state index contributed by atoms with van der Waals surface area (Å²) in [6.07, 6.45) is 0. The molecule has 0 atom stereocenters. The van der Waals surface area contributed by atoms with Gasteiger partial charge in [0.1, 0.15) is 0 Å². The molecule has 1 aliphatic heterocycles. The molecular formula is C18H17NO5S. The van der Waals surface area contributed by atoms with Crippen molar-refractivity contribution in [3.63, 3.8) is 0 Å². The number of fused-ring (bicyclic) bond motifs is 2. The zero-order valence-corrected chi connectivity index (χ0v) is 14.4. The van der Waals surface area contributed by atoms with Crippen LogP contribution in [0.15, 0.2) is 52.3 Å². The number of sulfone groups is 1. The number of carbonyl (C=O) groups excluding carboxylic acids is 2. The Morgan fingerprint density at radius 2 is 1.80 bits per heavy atom. The number of carbonyl (C=O) groups is 2. The standard InChI is InChI=1S/C18H17NO5S/c1-2-24-10-9-19-18(21)12-7-8-14-16(11-12)25(22,23)15-6-4-3-5-13(15)17(14)20/h3-8,11H,2,9-10H2,1H3,(H,19,21). The van der Waals surface area contributed by atoms with Crippen LogP contribution in [0.1, 0.15) is 33.2 Å². The minimum atomic E-state index is -3.84. The normalized spacial score (nSPS) is 14.5. The van der Waals surface area contributed by atoms with Crippen molar-refractivity contribution in [1.82, 2.24) is 5.32 Å². The molecule has 25 heavy (non-hydrogen) atoms. The van der Waals surface area contributed by atoms with Crippen LogP contribution in [0.2, 0.25) is 0 Å². The molecule has 2 aromatic carbocycles. The van der Waals surface area contributed by atoms with Crippen LogP contribution < -0.4 is 5.32 Å². The van der Waals surface area contributed by atoms with Crippen molar-refractivity contribution in [3.8, 4) is 0 Å². The molecule has 1 N–H and O–H groups in total. The van der Waals surface area contributed by atoms with E-state index in [4.69, 9.17) is 4.74 Å². The van der Waals surface area contributed by atoms with Crippen LogP contribution in [0.4, 0.5) is 0 Å². The van der Waals surface area contributed by atoms with Gasteiger partial charge in [-0.1, -0.05) is 12.1 Å². The lowest BCUT2D eigenvalue weighted by molar-refractivity contribution is 0.0921. The number of hydrogen-bond donors (Lipinski definition) is 1. The van der Waals surface area contributed by atoms with Crippen molar-refractivity contribution >= 4 is 21.5 Å². The van der Waals surface area contributed by atoms with Crippen LogP contribution in [0.5, 0.6) is 0 Å². The first kappa shape index (κ1) is 17.3. The second kappa shape index (κ2) is 6.78. The van der Waals surface area contributed by atoms with E-state index < -0.39 is 15.7 Å². The Labute approximate surface area is 145 Å². The Hall–Kier alpha value is -2.51. The van der Waals surface area contributed by atoms with Crippen molar-refractivity contribution in [1.29, 1.82) is 0 Å². The van der Waals surface area contributed by atoms with Crippen molar-refractivity contribution in [3.05, 3.63) is 59.2 Å². The Kier molecular flexibility index (Phi) is 4.69. The van der Waals surface area contributed by atoms with Crippen molar-refractivity contribution in [2.75, 3.05) is 19.8 Å². The van der Waals surface area contributed by atoms with Gasteiger partial charge in [0, 0.05) is 29.8 Å². The average Bonchev–Trinajstić information content (AvgIpc) is 2.63. The Balaban J connectivity index is 1.96. The van der Waals surface area contributed by atoms with Gasteiger partial charge >= 0.3 is 0 Å². The molecule has 0 radical (unpaired) electrons. The predicted octanol–water partition coefficient (Wildman–Crippen LogP) is 1.83. The highest BCUT2D eigenvalue weighted by Crippen LogP contribution is 2.34. The Bertz CT molecular complexity index is 950. The molecule has 7 heteroatoms. The third kappa shape index (κ3) is 3.08. The van der Waals surface area contributed by atoms with E-state index >= 15 is 0 Å². The van der Waals surface area contributed by atoms with E-state index in [0.717, 1.165) is 0 Å². The fourth-order valence-electron chi connectivity index (χ4n) is 2.71. The van der Waals surface area contributed by atoms with E-state index in [2.05, 4.69) is 5.32 Å². The second-order valence-corrected chi connectivity index (χ2v) is 7.38. The van der Waals surface area contributed by atoms with E-state index in [-0.39, 0.29) is 32.3 Å². The SMILES string of the molecule is CCOCCNC(=O)c1ccc2c(c1)S(=O)(=O)c1ccccc1C2=O. The maximum absolute atomic E-state index is 12.8. The largest absolute Gasteiger partial charge is 0.380 e. The summed E-state index contributed by atoms with van der Waals surface area (Å²) >= 11 is 0. The van der Waals surface area contributed by atoms with Crippen LogP contribution in [0.3, 0.4) is 0 Å². The minimum Gasteiger partial charge on any atom is -0.380 e. The zero-order chi connectivity index (χ0) is 18.0. The highest BCUT2D eigenvalue weighted by atomic mass is 32.2. The third-order valence-electron chi connectivity index (χ3n) is 3.94. The summed E-state index contributed by atoms with van der Waals surface area (Å²) in [6, 6.07) is 10.2. The molecule has 0 saturated carbocycles. The van der Waals surface area contributed by atoms with Crippen LogP contribution in [-0.2, 0) is 14.6 Å². The highest BCUT2D eigenvalue weighted by molar-refractivity contribution is 7.91. The van der Waals surface area contributed by atoms with Crippen molar-refractivity contribution in [2.24, 2.45) is 0 Å². The maximum Gasteiger partial charge on any atom is 0.251 e. The van der Waals surface area contributed by atoms with Gasteiger partial charge in [-0.3, -0.25) is 9.59 Å². The number of ketones is 1. The number of amides is 1. The van der Waals surface area contributed by atoms with Gasteiger partial charge in [0.15, 0.2) is 5.78 Å². The monoisotopic (exact) mass is 359 g/mol. The molecule has 0 unspecified atom stereocenters. The van der Waals surface area contributed by atoms with Gasteiger partial charge in [0.25, 0.3) is 5.91 Å². The lowest BCUT2D eigenvalue weighted by atomic mass is 10.0. The van der Waals surface area contributed by atoms with Gasteiger partial charge in [-0.25, -0.2) is 8.42 Å². The molecule has 0 fully saturated rings. The van der Waals surface area contributed by atoms with Crippen LogP contribution in [0.25, 0.3) is 0 Å². The smallest absolute Gasteiger partial charge is 0.251 e. The molecule has 6 nitrogen and oxygen atoms in total. The predicted molar refractivity (Wildman–Crippen MR) is 90.6 cm³/mol. The maximum atomic E-state index is 12.8. The van der Waals surface area contributed by atoms with Gasteiger partial charge in [-0.2, -0.15) is 0 Å². The lowest BCUT2D eigenvalue weighted by Gasteiger charge is -2.19. The highest BCUT2D eigenvalue weighted by Gasteiger charge is 2.34. The first-order valence-corrected chi connectivity index (χ1v) is 9.34. The zero-order valence-electron chi connectivity index (χ0n) is 13.6. The molecule has 130 valence electrons. The molecule has 0 aromatic heterocycles. The minimum absolute atomic E-state index is 0.0265. The van der Waals surface area contributed by atoms with Gasteiger partial charge < -0.3 is 10.1 Å². The number of hydrogen-bond acceptors (Lipinski definition) is 5. The summed E-state index contributed by atoms with van der Waals surface area (Å²) in [5, 5.41) is 2.65. The second-order valence-electron chi connectivity index (χ2n) is 5.49. The van der Waals surface area contributed by atoms with E-state index in [1.165, 1.54) is 30.3 Å². The van der Waals surface area contributed by atoms with Gasteiger partial charge in [-0.05, 0) is 37.3 Å². The van der Waals surface area contributed by atoms with Crippen molar-refractivity contribution < 1.29 is 22.7 Å². The number of nitrogens with one attached hydrogen (secondary N) is 1. The molecule has 1 amide bonds. The fraction of sp³-hybridized carbons (Fsp3) is 0.222. The van der Waals surface area contributed by atoms with E-state index in [0.29, 0.717) is 19.8 Å². The third-order valence-corrected chi connectivity index (χ3v) is 5.79. The number of benzene rings is 2. The van der Waals surface area contributed by atoms with E-state index in [1.54, 1.807) is 12.1 Å². The van der Waals surface area contributed by atoms with Gasteiger partial charge in [0.2, 0.25) is 9.84 Å². The molecule has 0 saturated heterocycles. The van der Waals surface area contributed by atoms with Gasteiger partial charge in [-0.15, -0.1) is 0 Å². The molecular weight excluding hydrogens is 342 g/mol. The van der Waals surface area contributed by atoms with Gasteiger partial charge in [0.05, 0.1) is 16.4 Å². The summed E-state index contributed by atoms with van der Waals surface area (Å²) in [6.45, 7) is 3.09. The summed E-state index contributed by atoms with van der Waals surface area (Å²) in [4.78, 5) is 24.6. The molecule has 0 bridgehead atoms. The van der Waals surface area contributed by atoms with Crippen LogP contribution >= 0.6 is 0 Å². The van der Waals surface area contributed by atoms with Crippen LogP contribution in [-0.4, -0.2) is 39.9 Å². The van der Waals surface area contributed by atoms with Crippen LogP contribution in [0, 0.1) is 0 Å². The summed E-state index contributed by atoms with van der Waals surface area (Å²) in [7, 11) is -3.84.